The summed E-state index contributed by atoms with van der Waals surface area (Å²) in [7, 11) is -3.70. The van der Waals surface area contributed by atoms with E-state index in [1.54, 1.807) is 33.8 Å². The van der Waals surface area contributed by atoms with Crippen LogP contribution in [0.4, 0.5) is 0 Å². The third-order valence-corrected chi connectivity index (χ3v) is 6.52. The molecule has 0 aliphatic carbocycles. The number of nitrogens with zero attached hydrogens (tertiary/aromatic N) is 2. The summed E-state index contributed by atoms with van der Waals surface area (Å²) in [5.74, 6) is -1.58. The molecule has 1 aromatic carbocycles. The fourth-order valence-corrected chi connectivity index (χ4v) is 4.14. The molecule has 1 aromatic rings. The quantitative estimate of drug-likeness (QED) is 0.705. The summed E-state index contributed by atoms with van der Waals surface area (Å²) in [6.45, 7) is 9.06. The zero-order valence-electron chi connectivity index (χ0n) is 16.0. The zero-order valence-corrected chi connectivity index (χ0v) is 16.8. The second kappa shape index (κ2) is 9.14. The fourth-order valence-electron chi connectivity index (χ4n) is 2.65. The van der Waals surface area contributed by atoms with Gasteiger partial charge in [-0.05, 0) is 38.0 Å². The van der Waals surface area contributed by atoms with Gasteiger partial charge in [-0.25, -0.2) is 8.42 Å². The van der Waals surface area contributed by atoms with Crippen LogP contribution >= 0.6 is 0 Å². The van der Waals surface area contributed by atoms with E-state index in [-0.39, 0.29) is 16.5 Å². The number of carboxylic acids is 1. The summed E-state index contributed by atoms with van der Waals surface area (Å²) < 4.78 is 26.8. The highest BCUT2D eigenvalue weighted by atomic mass is 32.2. The van der Waals surface area contributed by atoms with E-state index in [4.69, 9.17) is 5.11 Å². The van der Waals surface area contributed by atoms with E-state index in [0.29, 0.717) is 25.1 Å². The van der Waals surface area contributed by atoms with Gasteiger partial charge in [-0.2, -0.15) is 4.31 Å². The highest BCUT2D eigenvalue weighted by Crippen LogP contribution is 2.22. The van der Waals surface area contributed by atoms with E-state index >= 15 is 0 Å². The van der Waals surface area contributed by atoms with Crippen LogP contribution in [0.3, 0.4) is 0 Å². The Hall–Kier alpha value is -1.93. The first-order valence-electron chi connectivity index (χ1n) is 8.73. The lowest BCUT2D eigenvalue weighted by atomic mass is 10.1. The number of sulfonamides is 1. The number of amides is 1. The van der Waals surface area contributed by atoms with Gasteiger partial charge in [0.15, 0.2) is 0 Å². The molecular weight excluding hydrogens is 356 g/mol. The van der Waals surface area contributed by atoms with Crippen LogP contribution < -0.4 is 0 Å². The molecule has 0 saturated carbocycles. The van der Waals surface area contributed by atoms with Crippen LogP contribution in [0.5, 0.6) is 0 Å². The number of benzene rings is 1. The van der Waals surface area contributed by atoms with Crippen LogP contribution in [0.25, 0.3) is 0 Å². The second-order valence-electron chi connectivity index (χ2n) is 6.15. The first-order chi connectivity index (χ1) is 12.1. The van der Waals surface area contributed by atoms with Crippen LogP contribution in [0, 0.1) is 6.92 Å². The maximum atomic E-state index is 12.9. The highest BCUT2D eigenvalue weighted by molar-refractivity contribution is 7.89. The minimum Gasteiger partial charge on any atom is -0.480 e. The summed E-state index contributed by atoms with van der Waals surface area (Å²) in [6.07, 6.45) is 0.593. The Morgan fingerprint density at radius 1 is 1.15 bits per heavy atom. The van der Waals surface area contributed by atoms with Crippen LogP contribution in [0.2, 0.25) is 0 Å². The molecule has 26 heavy (non-hydrogen) atoms. The predicted molar refractivity (Wildman–Crippen MR) is 99.7 cm³/mol. The Bertz CT molecular complexity index is 757. The predicted octanol–water partition coefficient (Wildman–Crippen LogP) is 2.35. The third-order valence-electron chi connectivity index (χ3n) is 4.47. The molecule has 1 atom stereocenters. The minimum absolute atomic E-state index is 0.0366. The van der Waals surface area contributed by atoms with Crippen molar-refractivity contribution in [2.24, 2.45) is 0 Å². The molecule has 0 saturated heterocycles. The standard InChI is InChI=1S/C18H28N2O5S/c1-6-14(5)20(12-17(21)22)18(23)16-11-15(10-9-13(16)4)26(24,25)19(7-2)8-3/h9-11,14H,6-8,12H2,1-5H3,(H,21,22). The number of carbonyl (C=O) groups is 2. The Balaban J connectivity index is 3.40. The average Bonchev–Trinajstić information content (AvgIpc) is 2.59. The van der Waals surface area contributed by atoms with Crippen molar-refractivity contribution < 1.29 is 23.1 Å². The molecule has 0 radical (unpaired) electrons. The molecule has 1 rings (SSSR count). The van der Waals surface area contributed by atoms with Crippen molar-refractivity contribution in [1.82, 2.24) is 9.21 Å². The van der Waals surface area contributed by atoms with E-state index < -0.39 is 28.4 Å². The second-order valence-corrected chi connectivity index (χ2v) is 8.09. The lowest BCUT2D eigenvalue weighted by molar-refractivity contribution is -0.138. The Morgan fingerprint density at radius 3 is 2.19 bits per heavy atom. The molecule has 0 aromatic heterocycles. The van der Waals surface area contributed by atoms with Crippen LogP contribution in [0.15, 0.2) is 23.1 Å². The van der Waals surface area contributed by atoms with E-state index in [1.807, 2.05) is 6.92 Å². The Morgan fingerprint density at radius 2 is 1.73 bits per heavy atom. The van der Waals surface area contributed by atoms with E-state index in [9.17, 15) is 18.0 Å². The minimum atomic E-state index is -3.70. The monoisotopic (exact) mass is 384 g/mol. The van der Waals surface area contributed by atoms with Gasteiger partial charge in [-0.15, -0.1) is 0 Å². The molecule has 7 nitrogen and oxygen atoms in total. The van der Waals surface area contributed by atoms with Gasteiger partial charge in [-0.1, -0.05) is 26.8 Å². The lowest BCUT2D eigenvalue weighted by Gasteiger charge is -2.28. The maximum absolute atomic E-state index is 12.9. The van der Waals surface area contributed by atoms with Crippen molar-refractivity contribution in [3.05, 3.63) is 29.3 Å². The van der Waals surface area contributed by atoms with Crippen LogP contribution in [-0.2, 0) is 14.8 Å². The summed E-state index contributed by atoms with van der Waals surface area (Å²) in [4.78, 5) is 25.4. The fraction of sp³-hybridized carbons (Fsp3) is 0.556. The molecule has 0 heterocycles. The average molecular weight is 384 g/mol. The molecule has 0 fully saturated rings. The van der Waals surface area contributed by atoms with Gasteiger partial charge in [0, 0.05) is 24.7 Å². The topological polar surface area (TPSA) is 95.0 Å². The number of carbonyl (C=O) groups excluding carboxylic acids is 1. The number of rotatable bonds is 9. The smallest absolute Gasteiger partial charge is 0.323 e. The molecule has 1 N–H and O–H groups in total. The van der Waals surface area contributed by atoms with Crippen molar-refractivity contribution in [2.75, 3.05) is 19.6 Å². The van der Waals surface area contributed by atoms with Crippen molar-refractivity contribution >= 4 is 21.9 Å². The Kier molecular flexibility index (Phi) is 7.77. The molecule has 0 spiro atoms. The molecule has 0 aliphatic rings. The summed E-state index contributed by atoms with van der Waals surface area (Å²) in [6, 6.07) is 4.13. The van der Waals surface area contributed by atoms with E-state index in [1.165, 1.54) is 21.3 Å². The summed E-state index contributed by atoms with van der Waals surface area (Å²) >= 11 is 0. The van der Waals surface area contributed by atoms with E-state index in [2.05, 4.69) is 0 Å². The molecule has 146 valence electrons. The zero-order chi connectivity index (χ0) is 20.1. The van der Waals surface area contributed by atoms with Crippen LogP contribution in [0.1, 0.15) is 50.0 Å². The SMILES string of the molecule is CCC(C)N(CC(=O)O)C(=O)c1cc(S(=O)(=O)N(CC)CC)ccc1C. The number of carboxylic acid groups (broad SMARTS) is 1. The number of aliphatic carboxylic acids is 1. The molecule has 1 unspecified atom stereocenters. The van der Waals surface area contributed by atoms with Gasteiger partial charge < -0.3 is 10.0 Å². The lowest BCUT2D eigenvalue weighted by Crippen LogP contribution is -2.42. The Labute approximate surface area is 155 Å². The van der Waals surface area contributed by atoms with Crippen LogP contribution in [-0.4, -0.2) is 60.3 Å². The first-order valence-corrected chi connectivity index (χ1v) is 10.2. The van der Waals surface area contributed by atoms with E-state index in [0.717, 1.165) is 0 Å². The first kappa shape index (κ1) is 22.1. The summed E-state index contributed by atoms with van der Waals surface area (Å²) in [5, 5.41) is 9.12. The number of hydrogen-bond acceptors (Lipinski definition) is 4. The van der Waals surface area contributed by atoms with Gasteiger partial charge in [0.2, 0.25) is 10.0 Å². The highest BCUT2D eigenvalue weighted by Gasteiger charge is 2.27. The maximum Gasteiger partial charge on any atom is 0.323 e. The number of hydrogen-bond donors (Lipinski definition) is 1. The van der Waals surface area contributed by atoms with Gasteiger partial charge >= 0.3 is 5.97 Å². The molecule has 1 amide bonds. The molecule has 8 heteroatoms. The summed E-state index contributed by atoms with van der Waals surface area (Å²) in [5.41, 5.74) is 0.812. The normalized spacial score (nSPS) is 12.8. The van der Waals surface area contributed by atoms with Gasteiger partial charge in [0.1, 0.15) is 6.54 Å². The van der Waals surface area contributed by atoms with Crippen molar-refractivity contribution in [3.63, 3.8) is 0 Å². The molecule has 0 bridgehead atoms. The van der Waals surface area contributed by atoms with Crippen molar-refractivity contribution in [2.45, 2.75) is 52.0 Å². The van der Waals surface area contributed by atoms with Crippen molar-refractivity contribution in [1.29, 1.82) is 0 Å². The van der Waals surface area contributed by atoms with Gasteiger partial charge in [0.25, 0.3) is 5.91 Å². The number of aryl methyl sites for hydroxylation is 1. The molecule has 0 aliphatic heterocycles. The van der Waals surface area contributed by atoms with Gasteiger partial charge in [-0.3, -0.25) is 9.59 Å². The van der Waals surface area contributed by atoms with Crippen molar-refractivity contribution in [3.8, 4) is 0 Å². The largest absolute Gasteiger partial charge is 0.480 e. The molecular formula is C18H28N2O5S. The van der Waals surface area contributed by atoms with Gasteiger partial charge in [0.05, 0.1) is 4.90 Å². The third kappa shape index (κ3) is 4.82.